The quantitative estimate of drug-likeness (QED) is 0.646. The van der Waals surface area contributed by atoms with Crippen molar-refractivity contribution in [1.29, 1.82) is 0 Å². The number of carboxylic acids is 1. The Labute approximate surface area is 190 Å². The predicted octanol–water partition coefficient (Wildman–Crippen LogP) is 4.39. The molecule has 2 aliphatic rings. The summed E-state index contributed by atoms with van der Waals surface area (Å²) in [7, 11) is 0. The third kappa shape index (κ3) is 4.88. The molecule has 170 valence electrons. The summed E-state index contributed by atoms with van der Waals surface area (Å²) < 4.78 is 0. The number of carbonyl (C=O) groups excluding carboxylic acids is 1. The molecule has 1 amide bonds. The van der Waals surface area contributed by atoms with Crippen LogP contribution in [0.3, 0.4) is 0 Å². The van der Waals surface area contributed by atoms with Crippen molar-refractivity contribution in [2.75, 3.05) is 19.6 Å². The highest BCUT2D eigenvalue weighted by molar-refractivity contribution is 5.91. The molecule has 1 aliphatic heterocycles. The Morgan fingerprint density at radius 3 is 2.19 bits per heavy atom. The SMILES string of the molecule is CC1CCCN1CCc1ccc(-c2ccc(C3(C(=O)NCC(=O)O)CCCC3)cc2)cc1. The van der Waals surface area contributed by atoms with Crippen LogP contribution in [0.1, 0.15) is 56.6 Å². The zero-order valence-electron chi connectivity index (χ0n) is 19.0. The topological polar surface area (TPSA) is 69.6 Å². The molecule has 2 N–H and O–H groups in total. The van der Waals surface area contributed by atoms with Crippen LogP contribution in [0, 0.1) is 0 Å². The smallest absolute Gasteiger partial charge is 0.322 e. The molecule has 5 nitrogen and oxygen atoms in total. The summed E-state index contributed by atoms with van der Waals surface area (Å²) >= 11 is 0. The van der Waals surface area contributed by atoms with Gasteiger partial charge in [0, 0.05) is 12.6 Å². The first kappa shape index (κ1) is 22.5. The Kier molecular flexibility index (Phi) is 6.95. The first-order valence-corrected chi connectivity index (χ1v) is 11.9. The van der Waals surface area contributed by atoms with Gasteiger partial charge in [0.2, 0.25) is 5.91 Å². The number of carbonyl (C=O) groups is 2. The highest BCUT2D eigenvalue weighted by atomic mass is 16.4. The first-order chi connectivity index (χ1) is 15.5. The van der Waals surface area contributed by atoms with E-state index in [9.17, 15) is 9.59 Å². The molecular weight excluding hydrogens is 400 g/mol. The number of nitrogens with zero attached hydrogens (tertiary/aromatic N) is 1. The number of benzene rings is 2. The molecular formula is C27H34N2O3. The number of rotatable bonds is 8. The van der Waals surface area contributed by atoms with Crippen LogP contribution in [-0.4, -0.2) is 47.6 Å². The van der Waals surface area contributed by atoms with Gasteiger partial charge in [-0.2, -0.15) is 0 Å². The normalized spacial score (nSPS) is 20.3. The Balaban J connectivity index is 1.43. The monoisotopic (exact) mass is 434 g/mol. The molecule has 4 rings (SSSR count). The van der Waals surface area contributed by atoms with E-state index in [1.807, 2.05) is 12.1 Å². The number of aliphatic carboxylic acids is 1. The second kappa shape index (κ2) is 9.86. The molecule has 32 heavy (non-hydrogen) atoms. The minimum absolute atomic E-state index is 0.165. The molecule has 0 aromatic heterocycles. The summed E-state index contributed by atoms with van der Waals surface area (Å²) in [6.45, 7) is 4.34. The van der Waals surface area contributed by atoms with E-state index < -0.39 is 11.4 Å². The number of hydrogen-bond donors (Lipinski definition) is 2. The Hall–Kier alpha value is -2.66. The van der Waals surface area contributed by atoms with Crippen LogP contribution in [0.25, 0.3) is 11.1 Å². The largest absolute Gasteiger partial charge is 0.480 e. The average Bonchev–Trinajstić information content (AvgIpc) is 3.46. The minimum atomic E-state index is -1.01. The third-order valence-electron chi connectivity index (χ3n) is 7.39. The summed E-state index contributed by atoms with van der Waals surface area (Å²) in [4.78, 5) is 26.3. The van der Waals surface area contributed by atoms with Gasteiger partial charge >= 0.3 is 5.97 Å². The molecule has 1 heterocycles. The Morgan fingerprint density at radius 1 is 1.00 bits per heavy atom. The van der Waals surface area contributed by atoms with Crippen LogP contribution in [0.15, 0.2) is 48.5 Å². The fourth-order valence-corrected chi connectivity index (χ4v) is 5.39. The van der Waals surface area contributed by atoms with Crippen molar-refractivity contribution in [1.82, 2.24) is 10.2 Å². The van der Waals surface area contributed by atoms with Crippen LogP contribution >= 0.6 is 0 Å². The number of nitrogens with one attached hydrogen (secondary N) is 1. The van der Waals surface area contributed by atoms with Crippen molar-refractivity contribution in [3.05, 3.63) is 59.7 Å². The Bertz CT molecular complexity index is 930. The van der Waals surface area contributed by atoms with Crippen LogP contribution in [0.5, 0.6) is 0 Å². The number of likely N-dealkylation sites (tertiary alicyclic amines) is 1. The number of amides is 1. The maximum absolute atomic E-state index is 12.9. The zero-order chi connectivity index (χ0) is 22.6. The fraction of sp³-hybridized carbons (Fsp3) is 0.481. The molecule has 0 radical (unpaired) electrons. The molecule has 1 unspecified atom stereocenters. The molecule has 1 aliphatic carbocycles. The van der Waals surface area contributed by atoms with Crippen molar-refractivity contribution in [3.8, 4) is 11.1 Å². The lowest BCUT2D eigenvalue weighted by Crippen LogP contribution is -2.44. The lowest BCUT2D eigenvalue weighted by molar-refractivity contribution is -0.138. The second-order valence-electron chi connectivity index (χ2n) is 9.42. The minimum Gasteiger partial charge on any atom is -0.480 e. The van der Waals surface area contributed by atoms with E-state index in [1.54, 1.807) is 0 Å². The van der Waals surface area contributed by atoms with Gasteiger partial charge < -0.3 is 15.3 Å². The molecule has 2 aromatic carbocycles. The highest BCUT2D eigenvalue weighted by Gasteiger charge is 2.42. The Morgan fingerprint density at radius 2 is 1.62 bits per heavy atom. The standard InChI is InChI=1S/C27H34N2O3/c1-20-5-4-17-29(20)18-14-21-6-8-22(9-7-21)23-10-12-24(13-11-23)27(15-2-3-16-27)26(32)28-19-25(30)31/h6-13,20H,2-5,14-19H2,1H3,(H,28,32)(H,30,31). The zero-order valence-corrected chi connectivity index (χ0v) is 19.0. The van der Waals surface area contributed by atoms with Crippen molar-refractivity contribution in [3.63, 3.8) is 0 Å². The van der Waals surface area contributed by atoms with Crippen molar-refractivity contribution in [2.45, 2.75) is 63.3 Å². The van der Waals surface area contributed by atoms with Crippen LogP contribution < -0.4 is 5.32 Å². The lowest BCUT2D eigenvalue weighted by atomic mass is 9.77. The van der Waals surface area contributed by atoms with Crippen LogP contribution in [-0.2, 0) is 21.4 Å². The molecule has 1 saturated heterocycles. The van der Waals surface area contributed by atoms with E-state index in [1.165, 1.54) is 30.5 Å². The number of hydrogen-bond acceptors (Lipinski definition) is 3. The van der Waals surface area contributed by atoms with Gasteiger partial charge in [0.15, 0.2) is 0 Å². The molecule has 5 heteroatoms. The van der Waals surface area contributed by atoms with Crippen LogP contribution in [0.4, 0.5) is 0 Å². The summed E-state index contributed by atoms with van der Waals surface area (Å²) in [5.74, 6) is -1.18. The molecule has 0 bridgehead atoms. The number of carboxylic acid groups (broad SMARTS) is 1. The summed E-state index contributed by atoms with van der Waals surface area (Å²) in [5, 5.41) is 11.5. The second-order valence-corrected chi connectivity index (χ2v) is 9.42. The average molecular weight is 435 g/mol. The van der Waals surface area contributed by atoms with Crippen molar-refractivity contribution >= 4 is 11.9 Å². The molecule has 2 aromatic rings. The summed E-state index contributed by atoms with van der Waals surface area (Å²) in [6.07, 6.45) is 7.22. The van der Waals surface area contributed by atoms with E-state index in [4.69, 9.17) is 5.11 Å². The van der Waals surface area contributed by atoms with Gasteiger partial charge in [-0.15, -0.1) is 0 Å². The van der Waals surface area contributed by atoms with E-state index in [0.29, 0.717) is 6.04 Å². The van der Waals surface area contributed by atoms with Crippen molar-refractivity contribution < 1.29 is 14.7 Å². The molecule has 1 atom stereocenters. The van der Waals surface area contributed by atoms with Gasteiger partial charge in [0.1, 0.15) is 6.54 Å². The molecule has 2 fully saturated rings. The van der Waals surface area contributed by atoms with E-state index >= 15 is 0 Å². The predicted molar refractivity (Wildman–Crippen MR) is 127 cm³/mol. The maximum atomic E-state index is 12.9. The fourth-order valence-electron chi connectivity index (χ4n) is 5.39. The first-order valence-electron chi connectivity index (χ1n) is 11.9. The summed E-state index contributed by atoms with van der Waals surface area (Å²) in [6, 6.07) is 17.8. The highest BCUT2D eigenvalue weighted by Crippen LogP contribution is 2.42. The van der Waals surface area contributed by atoms with Gasteiger partial charge in [-0.3, -0.25) is 9.59 Å². The van der Waals surface area contributed by atoms with Gasteiger partial charge in [0.05, 0.1) is 5.41 Å². The van der Waals surface area contributed by atoms with Gasteiger partial charge in [-0.1, -0.05) is 61.4 Å². The van der Waals surface area contributed by atoms with E-state index in [2.05, 4.69) is 53.5 Å². The van der Waals surface area contributed by atoms with Gasteiger partial charge in [-0.25, -0.2) is 0 Å². The van der Waals surface area contributed by atoms with Crippen molar-refractivity contribution in [2.24, 2.45) is 0 Å². The van der Waals surface area contributed by atoms with Gasteiger partial charge in [0.25, 0.3) is 0 Å². The van der Waals surface area contributed by atoms with Gasteiger partial charge in [-0.05, 0) is 67.8 Å². The molecule has 1 saturated carbocycles. The van der Waals surface area contributed by atoms with Crippen LogP contribution in [0.2, 0.25) is 0 Å². The molecule has 0 spiro atoms. The maximum Gasteiger partial charge on any atom is 0.322 e. The van der Waals surface area contributed by atoms with E-state index in [-0.39, 0.29) is 12.5 Å². The van der Waals surface area contributed by atoms with E-state index in [0.717, 1.165) is 49.8 Å². The third-order valence-corrected chi connectivity index (χ3v) is 7.39. The lowest BCUT2D eigenvalue weighted by Gasteiger charge is -2.28. The summed E-state index contributed by atoms with van der Waals surface area (Å²) in [5.41, 5.74) is 4.05.